The molecule has 98 valence electrons. The topological polar surface area (TPSA) is 69.9 Å². The van der Waals surface area contributed by atoms with Gasteiger partial charge >= 0.3 is 5.97 Å². The molecule has 1 aromatic carbocycles. The van der Waals surface area contributed by atoms with Gasteiger partial charge in [-0.1, -0.05) is 11.6 Å². The Kier molecular flexibility index (Phi) is 4.25. The van der Waals surface area contributed by atoms with E-state index in [2.05, 4.69) is 15.5 Å². The molecule has 0 spiro atoms. The Morgan fingerprint density at radius 3 is 3.05 bits per heavy atom. The van der Waals surface area contributed by atoms with Crippen molar-refractivity contribution in [1.82, 2.24) is 20.2 Å². The van der Waals surface area contributed by atoms with E-state index in [-0.39, 0.29) is 0 Å². The predicted octanol–water partition coefficient (Wildman–Crippen LogP) is 1.89. The maximum absolute atomic E-state index is 11.3. The van der Waals surface area contributed by atoms with Crippen molar-refractivity contribution < 1.29 is 9.53 Å². The van der Waals surface area contributed by atoms with E-state index in [1.54, 1.807) is 31.2 Å². The Balaban J connectivity index is 2.33. The highest BCUT2D eigenvalue weighted by Crippen LogP contribution is 2.20. The minimum atomic E-state index is -0.412. The largest absolute Gasteiger partial charge is 0.463 e. The van der Waals surface area contributed by atoms with Crippen LogP contribution in [-0.4, -0.2) is 32.8 Å². The van der Waals surface area contributed by atoms with Crippen molar-refractivity contribution >= 4 is 23.6 Å². The number of hydrogen-bond donors (Lipinski definition) is 0. The van der Waals surface area contributed by atoms with Crippen LogP contribution in [0.25, 0.3) is 11.8 Å². The van der Waals surface area contributed by atoms with E-state index in [0.29, 0.717) is 17.2 Å². The van der Waals surface area contributed by atoms with Crippen LogP contribution in [0.2, 0.25) is 5.02 Å². The van der Waals surface area contributed by atoms with E-state index in [0.717, 1.165) is 5.69 Å². The Morgan fingerprint density at radius 2 is 2.37 bits per heavy atom. The van der Waals surface area contributed by atoms with Gasteiger partial charge in [0.25, 0.3) is 0 Å². The number of carbonyl (C=O) groups is 1. The van der Waals surface area contributed by atoms with Crippen molar-refractivity contribution in [3.8, 4) is 5.69 Å². The van der Waals surface area contributed by atoms with Gasteiger partial charge in [-0.05, 0) is 41.6 Å². The van der Waals surface area contributed by atoms with Crippen LogP contribution in [0.1, 0.15) is 12.5 Å². The SMILES string of the molecule is CCOC(=O)/C=C/c1cc(Cl)ccc1-n1cnnn1. The molecular weight excluding hydrogens is 268 g/mol. The van der Waals surface area contributed by atoms with Gasteiger partial charge in [-0.3, -0.25) is 0 Å². The summed E-state index contributed by atoms with van der Waals surface area (Å²) in [6.45, 7) is 2.08. The quantitative estimate of drug-likeness (QED) is 0.631. The molecule has 0 unspecified atom stereocenters. The molecular formula is C12H11ClN4O2. The first-order valence-electron chi connectivity index (χ1n) is 5.58. The highest BCUT2D eigenvalue weighted by molar-refractivity contribution is 6.30. The molecule has 0 aliphatic heterocycles. The average Bonchev–Trinajstić information content (AvgIpc) is 2.90. The summed E-state index contributed by atoms with van der Waals surface area (Å²) in [5.41, 5.74) is 1.43. The average molecular weight is 279 g/mol. The number of ether oxygens (including phenoxy) is 1. The second-order valence-electron chi connectivity index (χ2n) is 3.54. The van der Waals surface area contributed by atoms with Gasteiger partial charge < -0.3 is 4.74 Å². The van der Waals surface area contributed by atoms with Crippen molar-refractivity contribution in [3.05, 3.63) is 41.2 Å². The number of rotatable bonds is 4. The molecule has 0 radical (unpaired) electrons. The molecule has 1 aromatic heterocycles. The molecule has 0 amide bonds. The van der Waals surface area contributed by atoms with E-state index in [1.807, 2.05) is 0 Å². The summed E-state index contributed by atoms with van der Waals surface area (Å²) >= 11 is 5.94. The van der Waals surface area contributed by atoms with Crippen LogP contribution in [0, 0.1) is 0 Å². The summed E-state index contributed by atoms with van der Waals surface area (Å²) in [6.07, 6.45) is 4.41. The highest BCUT2D eigenvalue weighted by atomic mass is 35.5. The van der Waals surface area contributed by atoms with Gasteiger partial charge in [0.1, 0.15) is 6.33 Å². The molecule has 0 saturated heterocycles. The van der Waals surface area contributed by atoms with Crippen LogP contribution in [0.15, 0.2) is 30.6 Å². The third kappa shape index (κ3) is 3.38. The summed E-state index contributed by atoms with van der Waals surface area (Å²) in [5.74, 6) is -0.412. The number of hydrogen-bond acceptors (Lipinski definition) is 5. The molecule has 0 aliphatic rings. The second kappa shape index (κ2) is 6.10. The molecule has 19 heavy (non-hydrogen) atoms. The first-order chi connectivity index (χ1) is 9.20. The van der Waals surface area contributed by atoms with Gasteiger partial charge in [-0.2, -0.15) is 4.68 Å². The third-order valence-electron chi connectivity index (χ3n) is 2.27. The van der Waals surface area contributed by atoms with Gasteiger partial charge in [-0.25, -0.2) is 4.79 Å². The first kappa shape index (κ1) is 13.2. The van der Waals surface area contributed by atoms with Crippen LogP contribution in [0.5, 0.6) is 0 Å². The molecule has 0 N–H and O–H groups in total. The minimum Gasteiger partial charge on any atom is -0.463 e. The fourth-order valence-electron chi connectivity index (χ4n) is 1.49. The standard InChI is InChI=1S/C12H11ClN4O2/c1-2-19-12(18)6-3-9-7-10(13)4-5-11(9)17-8-14-15-16-17/h3-8H,2H2,1H3/b6-3+. The summed E-state index contributed by atoms with van der Waals surface area (Å²) in [6, 6.07) is 5.21. The van der Waals surface area contributed by atoms with Crippen molar-refractivity contribution in [2.24, 2.45) is 0 Å². The van der Waals surface area contributed by atoms with Crippen LogP contribution in [0.3, 0.4) is 0 Å². The molecule has 6 nitrogen and oxygen atoms in total. The Morgan fingerprint density at radius 1 is 1.53 bits per heavy atom. The van der Waals surface area contributed by atoms with Crippen molar-refractivity contribution in [3.63, 3.8) is 0 Å². The molecule has 0 atom stereocenters. The number of esters is 1. The second-order valence-corrected chi connectivity index (χ2v) is 3.98. The number of tetrazole rings is 1. The van der Waals surface area contributed by atoms with E-state index in [4.69, 9.17) is 16.3 Å². The van der Waals surface area contributed by atoms with Gasteiger partial charge in [0.05, 0.1) is 12.3 Å². The van der Waals surface area contributed by atoms with E-state index in [1.165, 1.54) is 17.1 Å². The first-order valence-corrected chi connectivity index (χ1v) is 5.96. The fourth-order valence-corrected chi connectivity index (χ4v) is 1.67. The fraction of sp³-hybridized carbons (Fsp3) is 0.167. The number of carbonyl (C=O) groups excluding carboxylic acids is 1. The van der Waals surface area contributed by atoms with E-state index in [9.17, 15) is 4.79 Å². The molecule has 2 aromatic rings. The van der Waals surface area contributed by atoms with Crippen molar-refractivity contribution in [2.75, 3.05) is 6.61 Å². The molecule has 1 heterocycles. The monoisotopic (exact) mass is 278 g/mol. The zero-order valence-electron chi connectivity index (χ0n) is 10.2. The summed E-state index contributed by atoms with van der Waals surface area (Å²) in [4.78, 5) is 11.3. The Labute approximate surface area is 114 Å². The molecule has 7 heteroatoms. The van der Waals surface area contributed by atoms with Crippen molar-refractivity contribution in [2.45, 2.75) is 6.92 Å². The number of nitrogens with zero attached hydrogens (tertiary/aromatic N) is 4. The van der Waals surface area contributed by atoms with Crippen LogP contribution >= 0.6 is 11.6 Å². The van der Waals surface area contributed by atoms with Crippen LogP contribution in [0.4, 0.5) is 0 Å². The molecule has 0 fully saturated rings. The zero-order chi connectivity index (χ0) is 13.7. The highest BCUT2D eigenvalue weighted by Gasteiger charge is 2.05. The lowest BCUT2D eigenvalue weighted by molar-refractivity contribution is -0.137. The van der Waals surface area contributed by atoms with Gasteiger partial charge in [-0.15, -0.1) is 5.10 Å². The lowest BCUT2D eigenvalue weighted by atomic mass is 10.1. The van der Waals surface area contributed by atoms with Gasteiger partial charge in [0.2, 0.25) is 0 Å². The van der Waals surface area contributed by atoms with Crippen LogP contribution in [-0.2, 0) is 9.53 Å². The third-order valence-corrected chi connectivity index (χ3v) is 2.51. The lowest BCUT2D eigenvalue weighted by Gasteiger charge is -2.05. The maximum atomic E-state index is 11.3. The number of benzene rings is 1. The maximum Gasteiger partial charge on any atom is 0.330 e. The number of halogens is 1. The van der Waals surface area contributed by atoms with Crippen LogP contribution < -0.4 is 0 Å². The lowest BCUT2D eigenvalue weighted by Crippen LogP contribution is -2.00. The minimum absolute atomic E-state index is 0.332. The molecule has 0 saturated carbocycles. The Hall–Kier alpha value is -2.21. The summed E-state index contributed by atoms with van der Waals surface area (Å²) < 4.78 is 6.31. The predicted molar refractivity (Wildman–Crippen MR) is 69.8 cm³/mol. The van der Waals surface area contributed by atoms with Gasteiger partial charge in [0, 0.05) is 16.7 Å². The zero-order valence-corrected chi connectivity index (χ0v) is 10.9. The summed E-state index contributed by atoms with van der Waals surface area (Å²) in [5, 5.41) is 11.5. The summed E-state index contributed by atoms with van der Waals surface area (Å²) in [7, 11) is 0. The van der Waals surface area contributed by atoms with E-state index >= 15 is 0 Å². The molecule has 0 bridgehead atoms. The molecule has 2 rings (SSSR count). The smallest absolute Gasteiger partial charge is 0.330 e. The normalized spacial score (nSPS) is 10.8. The van der Waals surface area contributed by atoms with Crippen molar-refractivity contribution in [1.29, 1.82) is 0 Å². The number of aromatic nitrogens is 4. The van der Waals surface area contributed by atoms with Gasteiger partial charge in [0.15, 0.2) is 0 Å². The van der Waals surface area contributed by atoms with E-state index < -0.39 is 5.97 Å². The Bertz CT molecular complexity index is 596. The molecule has 0 aliphatic carbocycles.